The maximum absolute atomic E-state index is 13.5. The van der Waals surface area contributed by atoms with Gasteiger partial charge >= 0.3 is 6.03 Å². The molecule has 2 aromatic carbocycles. The highest BCUT2D eigenvalue weighted by Crippen LogP contribution is 2.33. The molecule has 1 saturated heterocycles. The fraction of sp³-hybridized carbons (Fsp3) is 0.320. The Hall–Kier alpha value is -4.01. The maximum Gasteiger partial charge on any atom is 0.325 e. The molecule has 3 heterocycles. The number of para-hydroxylation sites is 2. The van der Waals surface area contributed by atoms with E-state index in [-0.39, 0.29) is 12.5 Å². The van der Waals surface area contributed by atoms with Crippen LogP contribution in [0.4, 0.5) is 16.4 Å². The van der Waals surface area contributed by atoms with Crippen molar-refractivity contribution in [2.75, 3.05) is 36.5 Å². The van der Waals surface area contributed by atoms with E-state index in [1.807, 2.05) is 73.5 Å². The average molecular weight is 459 g/mol. The van der Waals surface area contributed by atoms with E-state index >= 15 is 0 Å². The normalized spacial score (nSPS) is 20.4. The molecule has 1 aromatic heterocycles. The molecule has 0 aliphatic carbocycles. The van der Waals surface area contributed by atoms with E-state index in [0.717, 1.165) is 10.4 Å². The number of nitrogens with one attached hydrogen (secondary N) is 1. The predicted octanol–water partition coefficient (Wildman–Crippen LogP) is 2.66. The number of nitrogens with zero attached hydrogens (tertiary/aromatic N) is 5. The number of carbonyl (C=O) groups excluding carboxylic acids is 3. The molecule has 1 atom stereocenters. The first kappa shape index (κ1) is 21.8. The van der Waals surface area contributed by atoms with E-state index in [9.17, 15) is 14.4 Å². The van der Waals surface area contributed by atoms with Crippen LogP contribution in [0, 0.1) is 0 Å². The molecule has 34 heavy (non-hydrogen) atoms. The lowest BCUT2D eigenvalue weighted by Crippen LogP contribution is -2.46. The molecule has 1 fully saturated rings. The van der Waals surface area contributed by atoms with Gasteiger partial charge in [0.15, 0.2) is 11.6 Å². The molecule has 4 amide bonds. The minimum Gasteiger partial charge on any atom is -0.357 e. The van der Waals surface area contributed by atoms with Crippen LogP contribution in [-0.4, -0.2) is 59.4 Å². The van der Waals surface area contributed by atoms with Gasteiger partial charge in [-0.2, -0.15) is 0 Å². The third kappa shape index (κ3) is 3.44. The molecule has 0 spiro atoms. The summed E-state index contributed by atoms with van der Waals surface area (Å²) in [6.07, 6.45) is 1.08. The number of hydrogen-bond donors (Lipinski definition) is 1. The minimum absolute atomic E-state index is 0.364. The van der Waals surface area contributed by atoms with Crippen LogP contribution in [-0.2, 0) is 15.1 Å². The first-order chi connectivity index (χ1) is 16.4. The van der Waals surface area contributed by atoms with Crippen LogP contribution < -0.4 is 15.1 Å². The van der Waals surface area contributed by atoms with Gasteiger partial charge in [-0.1, -0.05) is 49.4 Å². The number of aromatic nitrogens is 2. The van der Waals surface area contributed by atoms with Crippen molar-refractivity contribution in [1.29, 1.82) is 0 Å². The van der Waals surface area contributed by atoms with Gasteiger partial charge in [-0.05, 0) is 30.5 Å². The summed E-state index contributed by atoms with van der Waals surface area (Å²) >= 11 is 0. The fourth-order valence-corrected chi connectivity index (χ4v) is 4.69. The zero-order valence-electron chi connectivity index (χ0n) is 19.2. The van der Waals surface area contributed by atoms with Crippen LogP contribution in [0.15, 0.2) is 54.6 Å². The van der Waals surface area contributed by atoms with Crippen LogP contribution in [0.1, 0.15) is 25.3 Å². The van der Waals surface area contributed by atoms with Gasteiger partial charge in [0.25, 0.3) is 5.91 Å². The Balaban J connectivity index is 1.47. The van der Waals surface area contributed by atoms with Crippen LogP contribution >= 0.6 is 0 Å². The number of urea groups is 1. The second kappa shape index (κ2) is 8.40. The Kier molecular flexibility index (Phi) is 5.39. The Morgan fingerprint density at radius 2 is 1.62 bits per heavy atom. The molecule has 2 aliphatic rings. The largest absolute Gasteiger partial charge is 0.357 e. The number of rotatable bonds is 4. The van der Waals surface area contributed by atoms with Gasteiger partial charge < -0.3 is 10.2 Å². The zero-order valence-corrected chi connectivity index (χ0v) is 19.2. The summed E-state index contributed by atoms with van der Waals surface area (Å²) in [5.41, 5.74) is 0.946. The molecule has 0 saturated carbocycles. The Morgan fingerprint density at radius 1 is 0.971 bits per heavy atom. The van der Waals surface area contributed by atoms with Crippen molar-refractivity contribution in [1.82, 2.24) is 20.2 Å². The molecule has 9 nitrogen and oxygen atoms in total. The average Bonchev–Trinajstić information content (AvgIpc) is 2.99. The van der Waals surface area contributed by atoms with E-state index in [0.29, 0.717) is 48.6 Å². The summed E-state index contributed by atoms with van der Waals surface area (Å²) in [5.74, 6) is 0.260. The van der Waals surface area contributed by atoms with Crippen molar-refractivity contribution < 1.29 is 14.4 Å². The van der Waals surface area contributed by atoms with Crippen LogP contribution in [0.2, 0.25) is 0 Å². The summed E-state index contributed by atoms with van der Waals surface area (Å²) in [4.78, 5) is 53.9. The summed E-state index contributed by atoms with van der Waals surface area (Å²) in [5, 5.41) is 2.83. The van der Waals surface area contributed by atoms with Crippen LogP contribution in [0.3, 0.4) is 0 Å². The lowest BCUT2D eigenvalue weighted by Gasteiger charge is -2.26. The van der Waals surface area contributed by atoms with Crippen molar-refractivity contribution in [3.63, 3.8) is 0 Å². The molecular formula is C25H26N6O3. The second-order valence-corrected chi connectivity index (χ2v) is 8.63. The molecule has 1 N–H and O–H groups in total. The molecular weight excluding hydrogens is 432 g/mol. The smallest absolute Gasteiger partial charge is 0.325 e. The number of anilines is 2. The number of carbonyl (C=O) groups is 3. The molecule has 2 aliphatic heterocycles. The molecule has 0 bridgehead atoms. The predicted molar refractivity (Wildman–Crippen MR) is 128 cm³/mol. The highest BCUT2D eigenvalue weighted by atomic mass is 16.2. The van der Waals surface area contributed by atoms with E-state index in [1.165, 1.54) is 0 Å². The van der Waals surface area contributed by atoms with Gasteiger partial charge in [-0.3, -0.25) is 19.4 Å². The topological polar surface area (TPSA) is 98.7 Å². The number of imide groups is 1. The molecule has 0 radical (unpaired) electrons. The van der Waals surface area contributed by atoms with Gasteiger partial charge in [-0.15, -0.1) is 0 Å². The third-order valence-corrected chi connectivity index (χ3v) is 6.59. The summed E-state index contributed by atoms with van der Waals surface area (Å²) in [6, 6.07) is 16.1. The number of amides is 4. The monoisotopic (exact) mass is 458 g/mol. The zero-order chi connectivity index (χ0) is 23.9. The summed E-state index contributed by atoms with van der Waals surface area (Å²) in [7, 11) is 1.92. The second-order valence-electron chi connectivity index (χ2n) is 8.63. The Labute approximate surface area is 197 Å². The fourth-order valence-electron chi connectivity index (χ4n) is 4.69. The summed E-state index contributed by atoms with van der Waals surface area (Å²) in [6.45, 7) is 2.61. The van der Waals surface area contributed by atoms with Crippen LogP contribution in [0.25, 0.3) is 11.0 Å². The SMILES string of the molecule is CCC1(c2ccccc2)NC(=O)N(CC(=O)N2CCCN(C)c3nc4ccccc4nc32)C1=O. The summed E-state index contributed by atoms with van der Waals surface area (Å²) < 4.78 is 0. The Morgan fingerprint density at radius 3 is 2.29 bits per heavy atom. The lowest BCUT2D eigenvalue weighted by atomic mass is 9.87. The minimum atomic E-state index is -1.18. The first-order valence-electron chi connectivity index (χ1n) is 11.4. The number of fused-ring (bicyclic) bond motifs is 2. The van der Waals surface area contributed by atoms with Crippen molar-refractivity contribution in [3.8, 4) is 0 Å². The standard InChI is InChI=1S/C25H26N6O3/c1-3-25(17-10-5-4-6-11-17)23(33)31(24(34)28-25)16-20(32)30-15-9-14-29(2)21-22(30)27-19-13-8-7-12-18(19)26-21/h4-8,10-13H,3,9,14-16H2,1-2H3,(H,28,34). The molecule has 3 aromatic rings. The number of benzene rings is 2. The van der Waals surface area contributed by atoms with E-state index in [1.54, 1.807) is 4.90 Å². The van der Waals surface area contributed by atoms with Gasteiger partial charge in [0.1, 0.15) is 12.1 Å². The van der Waals surface area contributed by atoms with Gasteiger partial charge in [0.05, 0.1) is 11.0 Å². The van der Waals surface area contributed by atoms with Gasteiger partial charge in [-0.25, -0.2) is 14.8 Å². The highest BCUT2D eigenvalue weighted by molar-refractivity contribution is 6.11. The van der Waals surface area contributed by atoms with E-state index in [4.69, 9.17) is 9.97 Å². The van der Waals surface area contributed by atoms with Gasteiger partial charge in [0.2, 0.25) is 5.91 Å². The maximum atomic E-state index is 13.5. The molecule has 5 rings (SSSR count). The molecule has 9 heteroatoms. The van der Waals surface area contributed by atoms with E-state index in [2.05, 4.69) is 5.32 Å². The van der Waals surface area contributed by atoms with Crippen LogP contribution in [0.5, 0.6) is 0 Å². The molecule has 1 unspecified atom stereocenters. The first-order valence-corrected chi connectivity index (χ1v) is 11.4. The Bertz CT molecular complexity index is 1280. The van der Waals surface area contributed by atoms with E-state index < -0.39 is 17.5 Å². The van der Waals surface area contributed by atoms with Crippen molar-refractivity contribution >= 4 is 40.5 Å². The third-order valence-electron chi connectivity index (χ3n) is 6.59. The lowest BCUT2D eigenvalue weighted by molar-refractivity contribution is -0.134. The van der Waals surface area contributed by atoms with Crippen molar-refractivity contribution in [3.05, 3.63) is 60.2 Å². The number of hydrogen-bond acceptors (Lipinski definition) is 6. The van der Waals surface area contributed by atoms with Crippen molar-refractivity contribution in [2.45, 2.75) is 25.3 Å². The van der Waals surface area contributed by atoms with Gasteiger partial charge in [0, 0.05) is 20.1 Å². The highest BCUT2D eigenvalue weighted by Gasteiger charge is 2.52. The van der Waals surface area contributed by atoms with Crippen molar-refractivity contribution in [2.24, 2.45) is 0 Å². The quantitative estimate of drug-likeness (QED) is 0.604. The molecule has 174 valence electrons.